The van der Waals surface area contributed by atoms with Crippen molar-refractivity contribution in [2.45, 2.75) is 44.7 Å². The number of fused-ring (bicyclic) bond motifs is 4. The molecule has 0 saturated carbocycles. The number of hydrogen-bond acceptors (Lipinski definition) is 3. The van der Waals surface area contributed by atoms with Crippen LogP contribution in [0.4, 0.5) is 28.4 Å². The van der Waals surface area contributed by atoms with Crippen molar-refractivity contribution in [3.63, 3.8) is 0 Å². The Morgan fingerprint density at radius 2 is 1.52 bits per heavy atom. The topological polar surface area (TPSA) is 48.0 Å². The highest BCUT2D eigenvalue weighted by Gasteiger charge is 2.36. The molecule has 3 atom stereocenters. The third-order valence-electron chi connectivity index (χ3n) is 10.8. The summed E-state index contributed by atoms with van der Waals surface area (Å²) in [7, 11) is 0. The second-order valence-electron chi connectivity index (χ2n) is 14.8. The molecule has 0 radical (unpaired) electrons. The summed E-state index contributed by atoms with van der Waals surface area (Å²) in [4.78, 5) is 5.84. The van der Waals surface area contributed by atoms with Gasteiger partial charge in [0.15, 0.2) is 0 Å². The standard InChI is InChI=1S/C34H30N4.C19H21N/c1-4-12-32-29(9-1)30-10-2-5-13-33(30)38(32)28-21-17-26(18-22-28)36-25-15-19-27(20-16-25)37-24-8-7-23-35-31-11-3-6-14-34(31)37;1-3-4-5-6-9-17-10-7-8-11-19(17)20-18-14-12-16(2)13-15-18/h1-15,17-25,29,32,35-36H,16H2;3-8,10-15,20H,9H2,1-2H3/b;4-3-,6-5-. The van der Waals surface area contributed by atoms with Crippen molar-refractivity contribution in [2.24, 2.45) is 0 Å². The van der Waals surface area contributed by atoms with E-state index in [0.29, 0.717) is 12.0 Å². The summed E-state index contributed by atoms with van der Waals surface area (Å²) in [5.41, 5.74) is 13.3. The number of rotatable bonds is 9. The summed E-state index contributed by atoms with van der Waals surface area (Å²) in [5.74, 6) is 0.407. The number of H-pyrrole nitrogens is 1. The largest absolute Gasteiger partial charge is 0.379 e. The van der Waals surface area contributed by atoms with Gasteiger partial charge >= 0.3 is 0 Å². The van der Waals surface area contributed by atoms with Crippen molar-refractivity contribution in [3.8, 4) is 0 Å². The van der Waals surface area contributed by atoms with Crippen molar-refractivity contribution in [1.29, 1.82) is 0 Å². The molecule has 5 nitrogen and oxygen atoms in total. The summed E-state index contributed by atoms with van der Waals surface area (Å²) in [6, 6.07) is 47.6. The molecule has 0 fully saturated rings. The number of allylic oxidation sites excluding steroid dienone is 8. The van der Waals surface area contributed by atoms with Crippen molar-refractivity contribution < 1.29 is 0 Å². The van der Waals surface area contributed by atoms with E-state index in [9.17, 15) is 0 Å². The fourth-order valence-corrected chi connectivity index (χ4v) is 7.86. The molecule has 2 aliphatic carbocycles. The summed E-state index contributed by atoms with van der Waals surface area (Å²) in [6.45, 7) is 4.13. The van der Waals surface area contributed by atoms with Crippen LogP contribution in [0.2, 0.25) is 0 Å². The van der Waals surface area contributed by atoms with Crippen molar-refractivity contribution in [2.75, 3.05) is 15.5 Å². The molecule has 288 valence electrons. The summed E-state index contributed by atoms with van der Waals surface area (Å²) >= 11 is 0. The Bertz CT molecular complexity index is 2560. The smallest absolute Gasteiger partial charge is 0.0690 e. The molecule has 0 bridgehead atoms. The molecule has 5 aromatic carbocycles. The molecule has 3 unspecified atom stereocenters. The van der Waals surface area contributed by atoms with Gasteiger partial charge in [-0.3, -0.25) is 0 Å². The first kappa shape index (κ1) is 37.9. The Balaban J connectivity index is 0.000000199. The van der Waals surface area contributed by atoms with Gasteiger partial charge in [-0.05, 0) is 117 Å². The molecule has 2 heterocycles. The molecule has 1 aliphatic heterocycles. The number of aryl methyl sites for hydroxylation is 1. The number of benzene rings is 5. The van der Waals surface area contributed by atoms with Gasteiger partial charge < -0.3 is 25.1 Å². The number of aromatic nitrogens is 2. The monoisotopic (exact) mass is 757 g/mol. The molecule has 0 amide bonds. The predicted octanol–water partition coefficient (Wildman–Crippen LogP) is 13.5. The van der Waals surface area contributed by atoms with Crippen LogP contribution in [0.15, 0.2) is 213 Å². The van der Waals surface area contributed by atoms with E-state index in [1.165, 1.54) is 39.4 Å². The fourth-order valence-electron chi connectivity index (χ4n) is 7.86. The highest BCUT2D eigenvalue weighted by atomic mass is 15.2. The number of para-hydroxylation sites is 4. The molecule has 5 heteroatoms. The van der Waals surface area contributed by atoms with Gasteiger partial charge in [0.1, 0.15) is 0 Å². The molecular weight excluding hydrogens is 707 g/mol. The van der Waals surface area contributed by atoms with Gasteiger partial charge in [-0.2, -0.15) is 0 Å². The second kappa shape index (κ2) is 18.3. The zero-order valence-corrected chi connectivity index (χ0v) is 33.2. The number of aromatic amines is 1. The van der Waals surface area contributed by atoms with Crippen LogP contribution in [0, 0.1) is 6.92 Å². The van der Waals surface area contributed by atoms with Crippen molar-refractivity contribution in [1.82, 2.24) is 9.55 Å². The molecule has 1 aromatic heterocycles. The first-order chi connectivity index (χ1) is 28.6. The maximum Gasteiger partial charge on any atom is 0.0690 e. The van der Waals surface area contributed by atoms with Gasteiger partial charge in [0, 0.05) is 58.5 Å². The Labute approximate surface area is 343 Å². The first-order valence-corrected chi connectivity index (χ1v) is 20.3. The molecule has 0 spiro atoms. The van der Waals surface area contributed by atoms with Crippen LogP contribution >= 0.6 is 0 Å². The van der Waals surface area contributed by atoms with Crippen LogP contribution in [0.25, 0.3) is 16.7 Å². The minimum atomic E-state index is 0.250. The van der Waals surface area contributed by atoms with Gasteiger partial charge in [0.25, 0.3) is 0 Å². The van der Waals surface area contributed by atoms with E-state index in [2.05, 4.69) is 226 Å². The van der Waals surface area contributed by atoms with E-state index >= 15 is 0 Å². The Hall–Kier alpha value is -6.98. The number of nitrogens with zero attached hydrogens (tertiary/aromatic N) is 2. The lowest BCUT2D eigenvalue weighted by Gasteiger charge is -2.29. The van der Waals surface area contributed by atoms with Crippen LogP contribution in [-0.2, 0) is 6.42 Å². The van der Waals surface area contributed by atoms with E-state index in [-0.39, 0.29) is 6.04 Å². The lowest BCUT2D eigenvalue weighted by molar-refractivity contribution is 0.745. The molecular formula is C53H51N5. The third kappa shape index (κ3) is 8.85. The van der Waals surface area contributed by atoms with E-state index < -0.39 is 0 Å². The molecule has 3 aliphatic rings. The number of hydrogen-bond donors (Lipinski definition) is 3. The fraction of sp³-hybridized carbons (Fsp3) is 0.132. The maximum atomic E-state index is 3.70. The Kier molecular flexibility index (Phi) is 12.0. The van der Waals surface area contributed by atoms with Crippen molar-refractivity contribution in [3.05, 3.63) is 229 Å². The van der Waals surface area contributed by atoms with Crippen LogP contribution < -0.4 is 15.5 Å². The predicted molar refractivity (Wildman–Crippen MR) is 248 cm³/mol. The average Bonchev–Trinajstić information content (AvgIpc) is 3.59. The quantitative estimate of drug-likeness (QED) is 0.129. The van der Waals surface area contributed by atoms with Gasteiger partial charge in [-0.15, -0.1) is 0 Å². The van der Waals surface area contributed by atoms with E-state index in [4.69, 9.17) is 0 Å². The van der Waals surface area contributed by atoms with Crippen LogP contribution in [0.5, 0.6) is 0 Å². The molecule has 6 aromatic rings. The minimum Gasteiger partial charge on any atom is -0.379 e. The van der Waals surface area contributed by atoms with Gasteiger partial charge in [0.2, 0.25) is 0 Å². The van der Waals surface area contributed by atoms with E-state index in [1.807, 2.05) is 25.3 Å². The summed E-state index contributed by atoms with van der Waals surface area (Å²) < 4.78 is 2.24. The van der Waals surface area contributed by atoms with E-state index in [0.717, 1.165) is 35.2 Å². The molecule has 9 rings (SSSR count). The highest BCUT2D eigenvalue weighted by molar-refractivity contribution is 5.80. The lowest BCUT2D eigenvalue weighted by atomic mass is 9.91. The number of nitrogens with one attached hydrogen (secondary N) is 3. The summed E-state index contributed by atoms with van der Waals surface area (Å²) in [5, 5.41) is 7.19. The SMILES string of the molecule is C/C=C\C=C/Cc1ccccc1Nc1ccc(C)cc1.C1=CC2c3ccccc3N(c3ccc(NC4C=CC(n5cccc[nH]c6ccccc65)=CC4)cc3)C2C=C1. The van der Waals surface area contributed by atoms with E-state index in [1.54, 1.807) is 0 Å². The zero-order chi connectivity index (χ0) is 39.5. The Morgan fingerprint density at radius 3 is 2.36 bits per heavy atom. The van der Waals surface area contributed by atoms with Gasteiger partial charge in [-0.25, -0.2) is 0 Å². The first-order valence-electron chi connectivity index (χ1n) is 20.3. The van der Waals surface area contributed by atoms with Gasteiger partial charge in [-0.1, -0.05) is 127 Å². The van der Waals surface area contributed by atoms with Crippen LogP contribution in [0.1, 0.15) is 36.0 Å². The maximum absolute atomic E-state index is 3.70. The van der Waals surface area contributed by atoms with Crippen LogP contribution in [-0.4, -0.2) is 21.6 Å². The highest BCUT2D eigenvalue weighted by Crippen LogP contribution is 2.47. The second-order valence-corrected chi connectivity index (χ2v) is 14.8. The molecule has 0 saturated heterocycles. The normalized spacial score (nSPS) is 17.7. The number of anilines is 5. The minimum absolute atomic E-state index is 0.250. The lowest BCUT2D eigenvalue weighted by Crippen LogP contribution is -2.28. The molecule has 58 heavy (non-hydrogen) atoms. The third-order valence-corrected chi connectivity index (χ3v) is 10.8. The van der Waals surface area contributed by atoms with Crippen molar-refractivity contribution >= 4 is 45.2 Å². The van der Waals surface area contributed by atoms with Crippen LogP contribution in [0.3, 0.4) is 0 Å². The average molecular weight is 758 g/mol. The zero-order valence-electron chi connectivity index (χ0n) is 33.2. The summed E-state index contributed by atoms with van der Waals surface area (Å²) in [6.07, 6.45) is 30.1. The Morgan fingerprint density at radius 1 is 0.741 bits per heavy atom. The van der Waals surface area contributed by atoms with Gasteiger partial charge in [0.05, 0.1) is 17.1 Å². The molecule has 3 N–H and O–H groups in total.